The SMILES string of the molecule is CCOC(OCC)C(C)N(C(=O)C(N)Cc1ccc(OC(C)(C)C)cc1)C(C(=O)OC(C)(C)C)c1cccc2sc(N)nc12. The Bertz CT molecular complexity index is 1390. The van der Waals surface area contributed by atoms with E-state index in [1.165, 1.54) is 16.2 Å². The lowest BCUT2D eigenvalue weighted by Gasteiger charge is -2.40. The minimum absolute atomic E-state index is 0.223. The minimum atomic E-state index is -1.21. The van der Waals surface area contributed by atoms with Crippen LogP contribution < -0.4 is 16.2 Å². The molecule has 2 aromatic carbocycles. The molecule has 3 rings (SSSR count). The molecule has 0 bridgehead atoms. The van der Waals surface area contributed by atoms with Gasteiger partial charge in [0, 0.05) is 18.8 Å². The number of aromatic nitrogens is 1. The summed E-state index contributed by atoms with van der Waals surface area (Å²) in [7, 11) is 0. The number of anilines is 1. The monoisotopic (exact) mass is 628 g/mol. The first-order valence-corrected chi connectivity index (χ1v) is 15.8. The molecule has 44 heavy (non-hydrogen) atoms. The van der Waals surface area contributed by atoms with Crippen LogP contribution in [0.2, 0.25) is 0 Å². The van der Waals surface area contributed by atoms with Gasteiger partial charge in [-0.05, 0) is 92.5 Å². The molecule has 0 saturated carbocycles. The van der Waals surface area contributed by atoms with Crippen LogP contribution in [0.3, 0.4) is 0 Å². The van der Waals surface area contributed by atoms with E-state index in [2.05, 4.69) is 4.98 Å². The van der Waals surface area contributed by atoms with E-state index in [1.807, 2.05) is 71.0 Å². The van der Waals surface area contributed by atoms with Crippen molar-refractivity contribution in [2.24, 2.45) is 5.73 Å². The van der Waals surface area contributed by atoms with Crippen molar-refractivity contribution in [1.29, 1.82) is 0 Å². The molecular formula is C33H48N4O6S. The van der Waals surface area contributed by atoms with Gasteiger partial charge in [-0.1, -0.05) is 35.6 Å². The van der Waals surface area contributed by atoms with E-state index in [0.29, 0.717) is 35.2 Å². The first-order valence-electron chi connectivity index (χ1n) is 15.0. The van der Waals surface area contributed by atoms with E-state index in [4.69, 9.17) is 30.4 Å². The van der Waals surface area contributed by atoms with Gasteiger partial charge >= 0.3 is 5.97 Å². The second-order valence-corrected chi connectivity index (χ2v) is 13.7. The fourth-order valence-corrected chi connectivity index (χ4v) is 5.65. The number of carbonyl (C=O) groups is 2. The lowest BCUT2D eigenvalue weighted by molar-refractivity contribution is -0.191. The third kappa shape index (κ3) is 9.37. The van der Waals surface area contributed by atoms with E-state index in [9.17, 15) is 9.59 Å². The molecule has 242 valence electrons. The second-order valence-electron chi connectivity index (χ2n) is 12.6. The number of rotatable bonds is 13. The zero-order valence-electron chi connectivity index (χ0n) is 27.4. The van der Waals surface area contributed by atoms with Gasteiger partial charge in [0.05, 0.1) is 22.3 Å². The summed E-state index contributed by atoms with van der Waals surface area (Å²) >= 11 is 1.30. The van der Waals surface area contributed by atoms with Crippen molar-refractivity contribution in [3.05, 3.63) is 53.6 Å². The number of thiazole rings is 1. The average molecular weight is 629 g/mol. The van der Waals surface area contributed by atoms with Crippen molar-refractivity contribution in [2.75, 3.05) is 18.9 Å². The number of hydrogen-bond donors (Lipinski definition) is 2. The summed E-state index contributed by atoms with van der Waals surface area (Å²) in [5.41, 5.74) is 13.4. The maximum absolute atomic E-state index is 14.5. The van der Waals surface area contributed by atoms with E-state index < -0.39 is 41.9 Å². The standard InChI is InChI=1S/C33H48N4O6S/c1-10-40-30(41-11-2)20(3)37(28(38)24(34)19-21-15-17-22(18-16-21)42-32(4,5)6)27(29(39)43-33(7,8)9)23-13-12-14-25-26(23)36-31(35)44-25/h12-18,20,24,27,30H,10-11,19,34H2,1-9H3,(H2,35,36). The summed E-state index contributed by atoms with van der Waals surface area (Å²) < 4.78 is 24.5. The number of carbonyl (C=O) groups excluding carboxylic acids is 2. The van der Waals surface area contributed by atoms with Gasteiger partial charge in [0.1, 0.15) is 17.0 Å². The van der Waals surface area contributed by atoms with Gasteiger partial charge in [-0.2, -0.15) is 0 Å². The highest BCUT2D eigenvalue weighted by atomic mass is 32.1. The Kier molecular flexibility index (Phi) is 11.8. The predicted octanol–water partition coefficient (Wildman–Crippen LogP) is 5.62. The largest absolute Gasteiger partial charge is 0.488 e. The second kappa shape index (κ2) is 14.7. The van der Waals surface area contributed by atoms with Crippen LogP contribution in [-0.2, 0) is 30.2 Å². The van der Waals surface area contributed by atoms with Crippen LogP contribution in [0.1, 0.15) is 79.5 Å². The Balaban J connectivity index is 2.11. The highest BCUT2D eigenvalue weighted by molar-refractivity contribution is 7.22. The molecule has 0 fully saturated rings. The smallest absolute Gasteiger partial charge is 0.334 e. The maximum atomic E-state index is 14.5. The number of hydrogen-bond acceptors (Lipinski definition) is 10. The molecule has 4 N–H and O–H groups in total. The molecule has 0 aliphatic heterocycles. The highest BCUT2D eigenvalue weighted by Gasteiger charge is 2.43. The number of fused-ring (bicyclic) bond motifs is 1. The number of ether oxygens (including phenoxy) is 4. The summed E-state index contributed by atoms with van der Waals surface area (Å²) in [5.74, 6) is -0.374. The normalized spacial score (nSPS) is 14.3. The van der Waals surface area contributed by atoms with Gasteiger partial charge in [0.2, 0.25) is 5.91 Å². The topological polar surface area (TPSA) is 139 Å². The number of benzene rings is 2. The number of nitrogens with two attached hydrogens (primary N) is 2. The summed E-state index contributed by atoms with van der Waals surface area (Å²) in [6.07, 6.45) is -0.611. The van der Waals surface area contributed by atoms with Crippen LogP contribution in [-0.4, -0.2) is 64.5 Å². The molecule has 0 aliphatic rings. The van der Waals surface area contributed by atoms with Crippen LogP contribution in [0.5, 0.6) is 5.75 Å². The quantitative estimate of drug-likeness (QED) is 0.182. The first kappa shape index (κ1) is 35.2. The van der Waals surface area contributed by atoms with Gasteiger partial charge in [0.25, 0.3) is 0 Å². The van der Waals surface area contributed by atoms with Gasteiger partial charge in [-0.15, -0.1) is 0 Å². The molecule has 3 aromatic rings. The fraction of sp³-hybridized carbons (Fsp3) is 0.545. The van der Waals surface area contributed by atoms with Gasteiger partial charge in [0.15, 0.2) is 17.5 Å². The third-order valence-electron chi connectivity index (χ3n) is 6.54. The molecule has 0 radical (unpaired) electrons. The number of para-hydroxylation sites is 1. The number of nitrogens with zero attached hydrogens (tertiary/aromatic N) is 2. The predicted molar refractivity (Wildman–Crippen MR) is 174 cm³/mol. The van der Waals surface area contributed by atoms with Crippen LogP contribution >= 0.6 is 11.3 Å². The van der Waals surface area contributed by atoms with E-state index >= 15 is 0 Å². The molecule has 0 saturated heterocycles. The van der Waals surface area contributed by atoms with Crippen molar-refractivity contribution >= 4 is 38.6 Å². The molecule has 1 amide bonds. The summed E-state index contributed by atoms with van der Waals surface area (Å²) in [5, 5.41) is 0.346. The fourth-order valence-electron chi connectivity index (χ4n) is 4.88. The third-order valence-corrected chi connectivity index (χ3v) is 7.39. The molecule has 0 aliphatic carbocycles. The first-order chi connectivity index (χ1) is 20.5. The van der Waals surface area contributed by atoms with E-state index in [0.717, 1.165) is 10.3 Å². The van der Waals surface area contributed by atoms with Gasteiger partial charge < -0.3 is 35.3 Å². The molecule has 11 heteroatoms. The molecular weight excluding hydrogens is 580 g/mol. The van der Waals surface area contributed by atoms with Crippen LogP contribution in [0, 0.1) is 0 Å². The Morgan fingerprint density at radius 2 is 1.57 bits per heavy atom. The van der Waals surface area contributed by atoms with Crippen molar-refractivity contribution in [1.82, 2.24) is 9.88 Å². The Morgan fingerprint density at radius 3 is 2.11 bits per heavy atom. The van der Waals surface area contributed by atoms with E-state index in [1.54, 1.807) is 33.8 Å². The van der Waals surface area contributed by atoms with Gasteiger partial charge in [-0.25, -0.2) is 9.78 Å². The zero-order valence-corrected chi connectivity index (χ0v) is 28.2. The van der Waals surface area contributed by atoms with Crippen molar-refractivity contribution in [2.45, 2.75) is 104 Å². The minimum Gasteiger partial charge on any atom is -0.488 e. The molecule has 10 nitrogen and oxygen atoms in total. The van der Waals surface area contributed by atoms with Crippen molar-refractivity contribution in [3.8, 4) is 5.75 Å². The Hall–Kier alpha value is -3.25. The summed E-state index contributed by atoms with van der Waals surface area (Å²) in [6.45, 7) is 17.4. The molecule has 1 heterocycles. The summed E-state index contributed by atoms with van der Waals surface area (Å²) in [6, 6.07) is 9.98. The molecule has 3 unspecified atom stereocenters. The maximum Gasteiger partial charge on any atom is 0.334 e. The Labute approximate surface area is 265 Å². The lowest BCUT2D eigenvalue weighted by Crippen LogP contribution is -2.56. The zero-order chi connectivity index (χ0) is 32.8. The van der Waals surface area contributed by atoms with Gasteiger partial charge in [-0.3, -0.25) is 4.79 Å². The Morgan fingerprint density at radius 1 is 0.955 bits per heavy atom. The van der Waals surface area contributed by atoms with Crippen LogP contribution in [0.15, 0.2) is 42.5 Å². The lowest BCUT2D eigenvalue weighted by atomic mass is 9.98. The summed E-state index contributed by atoms with van der Waals surface area (Å²) in [4.78, 5) is 34.6. The van der Waals surface area contributed by atoms with Crippen LogP contribution in [0.25, 0.3) is 10.2 Å². The van der Waals surface area contributed by atoms with Crippen molar-refractivity contribution in [3.63, 3.8) is 0 Å². The average Bonchev–Trinajstić information content (AvgIpc) is 3.30. The van der Waals surface area contributed by atoms with Crippen molar-refractivity contribution < 1.29 is 28.5 Å². The number of nitrogen functional groups attached to an aromatic ring is 1. The molecule has 1 aromatic heterocycles. The molecule has 3 atom stereocenters. The molecule has 0 spiro atoms. The van der Waals surface area contributed by atoms with E-state index in [-0.39, 0.29) is 12.0 Å². The number of esters is 1. The van der Waals surface area contributed by atoms with Crippen LogP contribution in [0.4, 0.5) is 5.13 Å². The highest BCUT2D eigenvalue weighted by Crippen LogP contribution is 2.36. The number of amides is 1.